The highest BCUT2D eigenvalue weighted by Gasteiger charge is 2.24. The summed E-state index contributed by atoms with van der Waals surface area (Å²) in [5.74, 6) is 0. The number of nitrogens with zero attached hydrogens (tertiary/aromatic N) is 2. The first-order valence-electron chi connectivity index (χ1n) is 9.79. The van der Waals surface area contributed by atoms with E-state index in [9.17, 15) is 8.42 Å². The summed E-state index contributed by atoms with van der Waals surface area (Å²) in [4.78, 5) is 0. The van der Waals surface area contributed by atoms with Gasteiger partial charge in [0.05, 0.1) is 17.9 Å². The predicted octanol–water partition coefficient (Wildman–Crippen LogP) is 4.60. The zero-order chi connectivity index (χ0) is 21.3. The van der Waals surface area contributed by atoms with Crippen molar-refractivity contribution >= 4 is 21.4 Å². The lowest BCUT2D eigenvalue weighted by Crippen LogP contribution is -2.35. The van der Waals surface area contributed by atoms with Gasteiger partial charge in [-0.2, -0.15) is 9.57 Å². The van der Waals surface area contributed by atoms with Crippen LogP contribution in [0.4, 0.5) is 11.4 Å². The maximum atomic E-state index is 11.9. The second-order valence-corrected chi connectivity index (χ2v) is 9.62. The van der Waals surface area contributed by atoms with E-state index < -0.39 is 10.0 Å². The normalized spacial score (nSPS) is 14.0. The SMILES string of the molecule is Cc1ccc(Nc2cccc3c2CCN(S(C)(=O)=O)C3)cc1-c1ccc(C#N)cc1. The molecule has 152 valence electrons. The van der Waals surface area contributed by atoms with Crippen LogP contribution in [-0.2, 0) is 23.0 Å². The fourth-order valence-corrected chi connectivity index (χ4v) is 4.67. The van der Waals surface area contributed by atoms with E-state index in [0.717, 1.165) is 39.2 Å². The van der Waals surface area contributed by atoms with Crippen LogP contribution in [0.25, 0.3) is 11.1 Å². The first-order chi connectivity index (χ1) is 14.3. The number of hydrogen-bond donors (Lipinski definition) is 1. The monoisotopic (exact) mass is 417 g/mol. The van der Waals surface area contributed by atoms with Crippen molar-refractivity contribution in [3.63, 3.8) is 0 Å². The molecule has 3 aromatic rings. The second-order valence-electron chi connectivity index (χ2n) is 7.63. The molecule has 1 heterocycles. The van der Waals surface area contributed by atoms with E-state index in [1.807, 2.05) is 48.5 Å². The third-order valence-corrected chi connectivity index (χ3v) is 6.79. The number of nitriles is 1. The summed E-state index contributed by atoms with van der Waals surface area (Å²) in [6.07, 6.45) is 1.94. The van der Waals surface area contributed by atoms with Crippen LogP contribution in [0.15, 0.2) is 60.7 Å². The highest BCUT2D eigenvalue weighted by atomic mass is 32.2. The maximum absolute atomic E-state index is 11.9. The van der Waals surface area contributed by atoms with Gasteiger partial charge in [0.2, 0.25) is 10.0 Å². The number of aryl methyl sites for hydroxylation is 1. The molecule has 0 fully saturated rings. The lowest BCUT2D eigenvalue weighted by Gasteiger charge is -2.28. The zero-order valence-corrected chi connectivity index (χ0v) is 17.8. The molecule has 4 rings (SSSR count). The molecule has 6 heteroatoms. The van der Waals surface area contributed by atoms with Crippen molar-refractivity contribution < 1.29 is 8.42 Å². The van der Waals surface area contributed by atoms with Crippen LogP contribution >= 0.6 is 0 Å². The minimum Gasteiger partial charge on any atom is -0.355 e. The lowest BCUT2D eigenvalue weighted by molar-refractivity contribution is 0.395. The standard InChI is InChI=1S/C24H23N3O2S/c1-17-6-11-21(14-23(17)19-9-7-18(15-25)8-10-19)26-24-5-3-4-20-16-27(30(2,28)29)13-12-22(20)24/h3-11,14,26H,12-13,16H2,1-2H3. The summed E-state index contributed by atoms with van der Waals surface area (Å²) in [6, 6.07) is 22.0. The quantitative estimate of drug-likeness (QED) is 0.674. The zero-order valence-electron chi connectivity index (χ0n) is 17.0. The van der Waals surface area contributed by atoms with Crippen molar-refractivity contribution in [3.05, 3.63) is 82.9 Å². The summed E-state index contributed by atoms with van der Waals surface area (Å²) >= 11 is 0. The molecule has 0 bridgehead atoms. The summed E-state index contributed by atoms with van der Waals surface area (Å²) in [7, 11) is -3.19. The molecular weight excluding hydrogens is 394 g/mol. The molecule has 1 N–H and O–H groups in total. The molecule has 0 spiro atoms. The minimum absolute atomic E-state index is 0.411. The van der Waals surface area contributed by atoms with Gasteiger partial charge in [-0.1, -0.05) is 30.3 Å². The molecule has 3 aromatic carbocycles. The van der Waals surface area contributed by atoms with Crippen LogP contribution in [0.2, 0.25) is 0 Å². The van der Waals surface area contributed by atoms with Gasteiger partial charge >= 0.3 is 0 Å². The Hall–Kier alpha value is -3.14. The number of fused-ring (bicyclic) bond motifs is 1. The molecule has 0 radical (unpaired) electrons. The minimum atomic E-state index is -3.19. The van der Waals surface area contributed by atoms with Gasteiger partial charge in [-0.25, -0.2) is 8.42 Å². The van der Waals surface area contributed by atoms with E-state index >= 15 is 0 Å². The van der Waals surface area contributed by atoms with Crippen LogP contribution in [0, 0.1) is 18.3 Å². The van der Waals surface area contributed by atoms with Gasteiger partial charge in [0.15, 0.2) is 0 Å². The Bertz CT molecular complexity index is 1240. The molecule has 0 saturated carbocycles. The summed E-state index contributed by atoms with van der Waals surface area (Å²) in [5, 5.41) is 12.5. The first-order valence-corrected chi connectivity index (χ1v) is 11.6. The van der Waals surface area contributed by atoms with Gasteiger partial charge in [-0.15, -0.1) is 0 Å². The first kappa shape index (κ1) is 20.1. The largest absolute Gasteiger partial charge is 0.355 e. The Morgan fingerprint density at radius 2 is 1.83 bits per heavy atom. The smallest absolute Gasteiger partial charge is 0.211 e. The summed E-state index contributed by atoms with van der Waals surface area (Å²) < 4.78 is 25.3. The Morgan fingerprint density at radius 3 is 2.53 bits per heavy atom. The topological polar surface area (TPSA) is 73.2 Å². The van der Waals surface area contributed by atoms with Crippen molar-refractivity contribution in [3.8, 4) is 17.2 Å². The number of benzene rings is 3. The average molecular weight is 418 g/mol. The predicted molar refractivity (Wildman–Crippen MR) is 120 cm³/mol. The molecular formula is C24H23N3O2S. The lowest BCUT2D eigenvalue weighted by atomic mass is 9.97. The van der Waals surface area contributed by atoms with E-state index in [4.69, 9.17) is 5.26 Å². The van der Waals surface area contributed by atoms with E-state index in [1.54, 1.807) is 0 Å². The molecule has 0 unspecified atom stereocenters. The van der Waals surface area contributed by atoms with Crippen LogP contribution in [0.3, 0.4) is 0 Å². The Kier molecular flexibility index (Phi) is 5.33. The third kappa shape index (κ3) is 4.09. The summed E-state index contributed by atoms with van der Waals surface area (Å²) in [6.45, 7) is 2.98. The molecule has 0 atom stereocenters. The van der Waals surface area contributed by atoms with Crippen molar-refractivity contribution in [1.29, 1.82) is 5.26 Å². The second kappa shape index (κ2) is 7.94. The van der Waals surface area contributed by atoms with E-state index in [2.05, 4.69) is 30.4 Å². The van der Waals surface area contributed by atoms with Crippen LogP contribution in [0.1, 0.15) is 22.3 Å². The fourth-order valence-electron chi connectivity index (χ4n) is 3.87. The van der Waals surface area contributed by atoms with E-state index in [1.165, 1.54) is 10.6 Å². The van der Waals surface area contributed by atoms with Gasteiger partial charge < -0.3 is 5.32 Å². The molecule has 30 heavy (non-hydrogen) atoms. The molecule has 1 aliphatic heterocycles. The van der Waals surface area contributed by atoms with Crippen LogP contribution < -0.4 is 5.32 Å². The number of hydrogen-bond acceptors (Lipinski definition) is 4. The molecule has 0 amide bonds. The molecule has 5 nitrogen and oxygen atoms in total. The number of sulfonamides is 1. The van der Waals surface area contributed by atoms with Gasteiger partial charge in [-0.05, 0) is 71.5 Å². The Morgan fingerprint density at radius 1 is 1.07 bits per heavy atom. The maximum Gasteiger partial charge on any atom is 0.211 e. The number of nitrogens with one attached hydrogen (secondary N) is 1. The average Bonchev–Trinajstić information content (AvgIpc) is 2.74. The van der Waals surface area contributed by atoms with Crippen LogP contribution in [0.5, 0.6) is 0 Å². The van der Waals surface area contributed by atoms with Gasteiger partial charge in [0.1, 0.15) is 0 Å². The van der Waals surface area contributed by atoms with Gasteiger partial charge in [0.25, 0.3) is 0 Å². The Balaban J connectivity index is 1.64. The third-order valence-electron chi connectivity index (χ3n) is 5.54. The van der Waals surface area contributed by atoms with Gasteiger partial charge in [-0.3, -0.25) is 0 Å². The molecule has 0 aliphatic carbocycles. The number of rotatable bonds is 4. The molecule has 0 aromatic heterocycles. The molecule has 0 saturated heterocycles. The van der Waals surface area contributed by atoms with Gasteiger partial charge in [0, 0.05) is 24.5 Å². The van der Waals surface area contributed by atoms with Crippen molar-refractivity contribution in [1.82, 2.24) is 4.31 Å². The molecule has 1 aliphatic rings. The number of anilines is 2. The highest BCUT2D eigenvalue weighted by Crippen LogP contribution is 2.32. The summed E-state index contributed by atoms with van der Waals surface area (Å²) in [5.41, 5.74) is 8.16. The Labute approximate surface area is 177 Å². The highest BCUT2D eigenvalue weighted by molar-refractivity contribution is 7.88. The fraction of sp³-hybridized carbons (Fsp3) is 0.208. The van der Waals surface area contributed by atoms with Crippen molar-refractivity contribution in [2.75, 3.05) is 18.1 Å². The van der Waals surface area contributed by atoms with E-state index in [0.29, 0.717) is 25.1 Å². The van der Waals surface area contributed by atoms with Crippen molar-refractivity contribution in [2.24, 2.45) is 0 Å². The van der Waals surface area contributed by atoms with Crippen LogP contribution in [-0.4, -0.2) is 25.5 Å². The van der Waals surface area contributed by atoms with E-state index in [-0.39, 0.29) is 0 Å². The van der Waals surface area contributed by atoms with Crippen molar-refractivity contribution in [2.45, 2.75) is 19.9 Å².